The molecule has 0 aliphatic carbocycles. The van der Waals surface area contributed by atoms with E-state index in [-0.39, 0.29) is 23.9 Å². The number of hydrogen-bond donors (Lipinski definition) is 1. The van der Waals surface area contributed by atoms with E-state index in [2.05, 4.69) is 0 Å². The summed E-state index contributed by atoms with van der Waals surface area (Å²) in [6, 6.07) is 0. The molecule has 0 heterocycles. The molecule has 0 unspecified atom stereocenters. The van der Waals surface area contributed by atoms with Crippen LogP contribution in [0.5, 0.6) is 0 Å². The Hall–Kier alpha value is 0.599. The van der Waals surface area contributed by atoms with E-state index in [0.717, 1.165) is 0 Å². The average molecular weight is 237 g/mol. The Kier molecular flexibility index (Phi) is 5.40. The van der Waals surface area contributed by atoms with Crippen LogP contribution in [-0.2, 0) is 14.8 Å². The van der Waals surface area contributed by atoms with Crippen molar-refractivity contribution in [2.24, 2.45) is 0 Å². The molecule has 0 amide bonds. The molecule has 4 nitrogen and oxygen atoms in total. The normalized spacial score (nSPS) is 10.0. The molecule has 2 radical (unpaired) electrons. The molecule has 0 fully saturated rings. The summed E-state index contributed by atoms with van der Waals surface area (Å²) in [4.78, 5) is 0. The van der Waals surface area contributed by atoms with Gasteiger partial charge in [0.1, 0.15) is 0 Å². The predicted octanol–water partition coefficient (Wildman–Crippen LogP) is -1.23. The molecule has 0 aromatic carbocycles. The van der Waals surface area contributed by atoms with Gasteiger partial charge in [-0.05, 0) is 8.91 Å². The summed E-state index contributed by atoms with van der Waals surface area (Å²) in [6.45, 7) is 0. The molecule has 1 N–H and O–H groups in total. The first-order valence-corrected chi connectivity index (χ1v) is 2.20. The van der Waals surface area contributed by atoms with Crippen LogP contribution in [0.15, 0.2) is 0 Å². The van der Waals surface area contributed by atoms with Crippen LogP contribution in [0.4, 0.5) is 4.53 Å². The van der Waals surface area contributed by atoms with E-state index in [0.29, 0.717) is 0 Å². The van der Waals surface area contributed by atoms with Crippen LogP contribution < -0.4 is 0 Å². The van der Waals surface area contributed by atoms with Crippen LogP contribution in [0.3, 0.4) is 0 Å². The molecule has 44 valence electrons. The van der Waals surface area contributed by atoms with Gasteiger partial charge >= 0.3 is 34.3 Å². The number of halogens is 1. The minimum absolute atomic E-state index is 0. The second-order valence-corrected chi connectivity index (χ2v) is 1.47. The van der Waals surface area contributed by atoms with Crippen molar-refractivity contribution in [3.63, 3.8) is 0 Å². The second kappa shape index (κ2) is 3.58. The molecule has 0 aromatic heterocycles. The standard InChI is InChI=1S/FHO4S.Sn.2H/c1-5-6(2,3)4;;;/h(H,2,3,4);;;. The fraction of sp³-hybridized carbons (Fsp3) is 0. The molecule has 7 heavy (non-hydrogen) atoms. The Bertz CT molecular complexity index is 114. The van der Waals surface area contributed by atoms with Gasteiger partial charge in [-0.1, -0.05) is 0 Å². The van der Waals surface area contributed by atoms with Gasteiger partial charge < -0.3 is 0 Å². The SMILES string of the molecule is O=S(=O)(O)OF.[SnH2]. The van der Waals surface area contributed by atoms with Crippen molar-refractivity contribution in [3.8, 4) is 0 Å². The Morgan fingerprint density at radius 3 is 1.71 bits per heavy atom. The second-order valence-electron chi connectivity index (χ2n) is 0.491. The van der Waals surface area contributed by atoms with Gasteiger partial charge in [0.15, 0.2) is 0 Å². The molecular formula is H3FO4SSn. The van der Waals surface area contributed by atoms with Gasteiger partial charge in [-0.3, -0.25) is 4.55 Å². The molecule has 0 aliphatic rings. The van der Waals surface area contributed by atoms with Gasteiger partial charge in [0.05, 0.1) is 0 Å². The molecule has 0 atom stereocenters. The van der Waals surface area contributed by atoms with Gasteiger partial charge in [-0.25, -0.2) is 0 Å². The van der Waals surface area contributed by atoms with Crippen LogP contribution >= 0.6 is 0 Å². The monoisotopic (exact) mass is 238 g/mol. The van der Waals surface area contributed by atoms with E-state index in [1.165, 1.54) is 0 Å². The quantitative estimate of drug-likeness (QED) is 0.458. The third-order valence-electron chi connectivity index (χ3n) is 0.0796. The molecule has 0 saturated heterocycles. The van der Waals surface area contributed by atoms with Gasteiger partial charge in [0.25, 0.3) is 0 Å². The van der Waals surface area contributed by atoms with Crippen molar-refractivity contribution < 1.29 is 21.9 Å². The summed E-state index contributed by atoms with van der Waals surface area (Å²) in [6.07, 6.45) is 0. The number of rotatable bonds is 1. The van der Waals surface area contributed by atoms with E-state index in [1.807, 2.05) is 4.39 Å². The molecule has 0 bridgehead atoms. The van der Waals surface area contributed by atoms with E-state index in [9.17, 15) is 4.53 Å². The summed E-state index contributed by atoms with van der Waals surface area (Å²) < 4.78 is 37.2. The molecule has 0 saturated carbocycles. The van der Waals surface area contributed by atoms with Crippen molar-refractivity contribution in [3.05, 3.63) is 0 Å². The minimum atomic E-state index is -4.83. The first kappa shape index (κ1) is 10.6. The fourth-order valence-electron chi connectivity index (χ4n) is 0. The van der Waals surface area contributed by atoms with E-state index >= 15 is 0 Å². The van der Waals surface area contributed by atoms with Gasteiger partial charge in [-0.2, -0.15) is 8.42 Å². The third-order valence-corrected chi connectivity index (χ3v) is 0.239. The summed E-state index contributed by atoms with van der Waals surface area (Å²) >= 11 is 0. The Balaban J connectivity index is 0. The van der Waals surface area contributed by atoms with Crippen LogP contribution in [-0.4, -0.2) is 36.9 Å². The summed E-state index contributed by atoms with van der Waals surface area (Å²) in [7, 11) is -4.83. The van der Waals surface area contributed by atoms with Crippen molar-refractivity contribution >= 4 is 34.3 Å². The van der Waals surface area contributed by atoms with Crippen molar-refractivity contribution in [2.75, 3.05) is 0 Å². The summed E-state index contributed by atoms with van der Waals surface area (Å²) in [5.74, 6) is 0. The van der Waals surface area contributed by atoms with Gasteiger partial charge in [0.2, 0.25) is 0 Å². The molecular weight excluding hydrogens is 234 g/mol. The third kappa shape index (κ3) is 10.8. The van der Waals surface area contributed by atoms with Crippen LogP contribution in [0.2, 0.25) is 0 Å². The maximum atomic E-state index is 10.2. The Morgan fingerprint density at radius 2 is 1.71 bits per heavy atom. The topological polar surface area (TPSA) is 63.6 Å². The molecule has 0 spiro atoms. The van der Waals surface area contributed by atoms with E-state index in [1.54, 1.807) is 0 Å². The van der Waals surface area contributed by atoms with Crippen LogP contribution in [0.1, 0.15) is 0 Å². The molecule has 7 heteroatoms. The Morgan fingerprint density at radius 1 is 1.57 bits per heavy atom. The first-order valence-electron chi connectivity index (χ1n) is 0.837. The molecule has 0 rings (SSSR count). The van der Waals surface area contributed by atoms with E-state index < -0.39 is 10.4 Å². The van der Waals surface area contributed by atoms with E-state index in [4.69, 9.17) is 13.0 Å². The zero-order chi connectivity index (χ0) is 5.21. The summed E-state index contributed by atoms with van der Waals surface area (Å²) in [5, 5.41) is 0. The van der Waals surface area contributed by atoms with Crippen molar-refractivity contribution in [1.29, 1.82) is 0 Å². The van der Waals surface area contributed by atoms with Gasteiger partial charge in [0, 0.05) is 0 Å². The molecule has 0 aromatic rings. The van der Waals surface area contributed by atoms with Crippen molar-refractivity contribution in [2.45, 2.75) is 0 Å². The Labute approximate surface area is 56.5 Å². The maximum absolute atomic E-state index is 10.2. The van der Waals surface area contributed by atoms with Crippen LogP contribution in [0.25, 0.3) is 0 Å². The zero-order valence-corrected chi connectivity index (χ0v) is 8.02. The average Bonchev–Trinajstić information content (AvgIpc) is 1.35. The number of hydrogen-bond acceptors (Lipinski definition) is 3. The predicted molar refractivity (Wildman–Crippen MR) is 22.3 cm³/mol. The first-order chi connectivity index (χ1) is 2.56. The summed E-state index contributed by atoms with van der Waals surface area (Å²) in [5.41, 5.74) is 0. The van der Waals surface area contributed by atoms with Gasteiger partial charge in [-0.15, -0.1) is 0 Å². The zero-order valence-electron chi connectivity index (χ0n) is 3.17. The fourth-order valence-corrected chi connectivity index (χ4v) is 0. The molecule has 0 aliphatic heterocycles. The van der Waals surface area contributed by atoms with Crippen LogP contribution in [0, 0.1) is 0 Å². The van der Waals surface area contributed by atoms with Crippen molar-refractivity contribution in [1.82, 2.24) is 0 Å².